The predicted octanol–water partition coefficient (Wildman–Crippen LogP) is 4.63. The van der Waals surface area contributed by atoms with Crippen molar-refractivity contribution in [3.8, 4) is 0 Å². The standard InChI is InChI=1S/C16H19ClN2S/c1-12(2)10-19-11-13-9-14(17)3-4-16(13)20-15-5-7-18-8-6-15/h3-9,12,19H,10-11H2,1-2H3. The fraction of sp³-hybridized carbons (Fsp3) is 0.312. The number of hydrogen-bond acceptors (Lipinski definition) is 3. The van der Waals surface area contributed by atoms with Crippen LogP contribution in [-0.4, -0.2) is 11.5 Å². The molecule has 4 heteroatoms. The average molecular weight is 307 g/mol. The van der Waals surface area contributed by atoms with Crippen molar-refractivity contribution in [1.29, 1.82) is 0 Å². The Hall–Kier alpha value is -1.03. The Labute approximate surface area is 130 Å². The maximum atomic E-state index is 6.11. The third kappa shape index (κ3) is 4.82. The summed E-state index contributed by atoms with van der Waals surface area (Å²) < 4.78 is 0. The van der Waals surface area contributed by atoms with Gasteiger partial charge < -0.3 is 5.32 Å². The van der Waals surface area contributed by atoms with E-state index in [1.54, 1.807) is 11.8 Å². The van der Waals surface area contributed by atoms with Gasteiger partial charge in [-0.15, -0.1) is 0 Å². The second-order valence-corrected chi connectivity index (χ2v) is 6.61. The number of aromatic nitrogens is 1. The van der Waals surface area contributed by atoms with E-state index in [4.69, 9.17) is 11.6 Å². The SMILES string of the molecule is CC(C)CNCc1cc(Cl)ccc1Sc1ccncc1. The van der Waals surface area contributed by atoms with Gasteiger partial charge in [0.25, 0.3) is 0 Å². The highest BCUT2D eigenvalue weighted by atomic mass is 35.5. The summed E-state index contributed by atoms with van der Waals surface area (Å²) in [6.45, 7) is 6.26. The Balaban J connectivity index is 2.11. The predicted molar refractivity (Wildman–Crippen MR) is 86.4 cm³/mol. The molecule has 0 saturated heterocycles. The first-order valence-electron chi connectivity index (χ1n) is 6.72. The largest absolute Gasteiger partial charge is 0.312 e. The Morgan fingerprint density at radius 2 is 1.95 bits per heavy atom. The summed E-state index contributed by atoms with van der Waals surface area (Å²) in [6.07, 6.45) is 3.63. The van der Waals surface area contributed by atoms with Crippen LogP contribution in [0.1, 0.15) is 19.4 Å². The first-order valence-corrected chi connectivity index (χ1v) is 7.91. The molecule has 106 valence electrons. The van der Waals surface area contributed by atoms with Crippen LogP contribution in [-0.2, 0) is 6.54 Å². The normalized spacial score (nSPS) is 11.0. The highest BCUT2D eigenvalue weighted by Crippen LogP contribution is 2.31. The number of halogens is 1. The molecule has 2 rings (SSSR count). The number of rotatable bonds is 6. The zero-order chi connectivity index (χ0) is 14.4. The molecule has 20 heavy (non-hydrogen) atoms. The van der Waals surface area contributed by atoms with E-state index in [2.05, 4.69) is 30.2 Å². The monoisotopic (exact) mass is 306 g/mol. The first kappa shape index (κ1) is 15.4. The van der Waals surface area contributed by atoms with Crippen molar-refractivity contribution in [3.05, 3.63) is 53.3 Å². The van der Waals surface area contributed by atoms with E-state index in [1.807, 2.05) is 36.7 Å². The highest BCUT2D eigenvalue weighted by Gasteiger charge is 2.06. The minimum absolute atomic E-state index is 0.644. The van der Waals surface area contributed by atoms with Gasteiger partial charge in [-0.25, -0.2) is 0 Å². The maximum absolute atomic E-state index is 6.11. The number of benzene rings is 1. The van der Waals surface area contributed by atoms with Crippen molar-refractivity contribution in [2.45, 2.75) is 30.2 Å². The van der Waals surface area contributed by atoms with Gasteiger partial charge in [-0.3, -0.25) is 4.98 Å². The van der Waals surface area contributed by atoms with Crippen molar-refractivity contribution in [2.75, 3.05) is 6.54 Å². The van der Waals surface area contributed by atoms with Crippen LogP contribution < -0.4 is 5.32 Å². The lowest BCUT2D eigenvalue weighted by molar-refractivity contribution is 0.550. The van der Waals surface area contributed by atoms with Gasteiger partial charge in [-0.05, 0) is 48.4 Å². The van der Waals surface area contributed by atoms with Crippen molar-refractivity contribution in [3.63, 3.8) is 0 Å². The smallest absolute Gasteiger partial charge is 0.0410 e. The summed E-state index contributed by atoms with van der Waals surface area (Å²) in [6, 6.07) is 10.1. The van der Waals surface area contributed by atoms with E-state index < -0.39 is 0 Å². The molecule has 0 atom stereocenters. The molecular formula is C16H19ClN2S. The van der Waals surface area contributed by atoms with Crippen LogP contribution in [0.15, 0.2) is 52.5 Å². The van der Waals surface area contributed by atoms with Gasteiger partial charge in [0.2, 0.25) is 0 Å². The molecule has 2 aromatic rings. The number of nitrogens with one attached hydrogen (secondary N) is 1. The maximum Gasteiger partial charge on any atom is 0.0410 e. The summed E-state index contributed by atoms with van der Waals surface area (Å²) in [7, 11) is 0. The molecule has 0 amide bonds. The van der Waals surface area contributed by atoms with E-state index in [9.17, 15) is 0 Å². The van der Waals surface area contributed by atoms with E-state index in [1.165, 1.54) is 15.4 Å². The minimum atomic E-state index is 0.644. The number of hydrogen-bond donors (Lipinski definition) is 1. The molecule has 0 fully saturated rings. The van der Waals surface area contributed by atoms with Crippen LogP contribution in [0.4, 0.5) is 0 Å². The fourth-order valence-electron chi connectivity index (χ4n) is 1.81. The van der Waals surface area contributed by atoms with E-state index in [0.717, 1.165) is 18.1 Å². The molecule has 1 aromatic heterocycles. The summed E-state index contributed by atoms with van der Waals surface area (Å²) in [5.41, 5.74) is 1.24. The Kier molecular flexibility index (Phi) is 5.89. The van der Waals surface area contributed by atoms with E-state index >= 15 is 0 Å². The molecule has 0 radical (unpaired) electrons. The summed E-state index contributed by atoms with van der Waals surface area (Å²) in [5, 5.41) is 4.25. The average Bonchev–Trinajstić information content (AvgIpc) is 2.42. The molecule has 0 aliphatic carbocycles. The van der Waals surface area contributed by atoms with Crippen LogP contribution >= 0.6 is 23.4 Å². The quantitative estimate of drug-likeness (QED) is 0.842. The third-order valence-corrected chi connectivity index (χ3v) is 4.13. The lowest BCUT2D eigenvalue weighted by Gasteiger charge is -2.12. The van der Waals surface area contributed by atoms with Gasteiger partial charge in [0.1, 0.15) is 0 Å². The van der Waals surface area contributed by atoms with Gasteiger partial charge in [0.15, 0.2) is 0 Å². The first-order chi connectivity index (χ1) is 9.65. The molecule has 1 heterocycles. The molecule has 0 aliphatic rings. The van der Waals surface area contributed by atoms with Crippen LogP contribution in [0.3, 0.4) is 0 Å². The second-order valence-electron chi connectivity index (χ2n) is 5.06. The molecule has 0 saturated carbocycles. The summed E-state index contributed by atoms with van der Waals surface area (Å²) in [4.78, 5) is 6.47. The molecule has 1 aromatic carbocycles. The molecule has 0 bridgehead atoms. The lowest BCUT2D eigenvalue weighted by atomic mass is 10.2. The summed E-state index contributed by atoms with van der Waals surface area (Å²) >= 11 is 7.86. The number of pyridine rings is 1. The lowest BCUT2D eigenvalue weighted by Crippen LogP contribution is -2.19. The molecule has 0 aliphatic heterocycles. The van der Waals surface area contributed by atoms with Gasteiger partial charge in [-0.2, -0.15) is 0 Å². The fourth-order valence-corrected chi connectivity index (χ4v) is 2.92. The van der Waals surface area contributed by atoms with E-state index in [0.29, 0.717) is 5.92 Å². The zero-order valence-corrected chi connectivity index (χ0v) is 13.3. The van der Waals surface area contributed by atoms with Crippen LogP contribution in [0.5, 0.6) is 0 Å². The van der Waals surface area contributed by atoms with Crippen LogP contribution in [0.2, 0.25) is 5.02 Å². The molecular weight excluding hydrogens is 288 g/mol. The molecule has 2 nitrogen and oxygen atoms in total. The highest BCUT2D eigenvalue weighted by molar-refractivity contribution is 7.99. The zero-order valence-electron chi connectivity index (χ0n) is 11.8. The Morgan fingerprint density at radius 1 is 1.20 bits per heavy atom. The van der Waals surface area contributed by atoms with Gasteiger partial charge in [0, 0.05) is 33.8 Å². The van der Waals surface area contributed by atoms with Crippen LogP contribution in [0.25, 0.3) is 0 Å². The Bertz CT molecular complexity index is 543. The van der Waals surface area contributed by atoms with Crippen molar-refractivity contribution < 1.29 is 0 Å². The van der Waals surface area contributed by atoms with Crippen molar-refractivity contribution in [2.24, 2.45) is 5.92 Å². The van der Waals surface area contributed by atoms with Crippen molar-refractivity contribution in [1.82, 2.24) is 10.3 Å². The van der Waals surface area contributed by atoms with Crippen LogP contribution in [0, 0.1) is 5.92 Å². The number of nitrogens with zero attached hydrogens (tertiary/aromatic N) is 1. The molecule has 1 N–H and O–H groups in total. The third-order valence-electron chi connectivity index (χ3n) is 2.77. The van der Waals surface area contributed by atoms with Gasteiger partial charge >= 0.3 is 0 Å². The summed E-state index contributed by atoms with van der Waals surface area (Å²) in [5.74, 6) is 0.644. The Morgan fingerprint density at radius 3 is 2.65 bits per heavy atom. The van der Waals surface area contributed by atoms with E-state index in [-0.39, 0.29) is 0 Å². The molecule has 0 unspecified atom stereocenters. The van der Waals surface area contributed by atoms with Crippen molar-refractivity contribution >= 4 is 23.4 Å². The minimum Gasteiger partial charge on any atom is -0.312 e. The van der Waals surface area contributed by atoms with Gasteiger partial charge in [0.05, 0.1) is 0 Å². The van der Waals surface area contributed by atoms with Gasteiger partial charge in [-0.1, -0.05) is 37.2 Å². The topological polar surface area (TPSA) is 24.9 Å². The second kappa shape index (κ2) is 7.67. The molecule has 0 spiro atoms.